The summed E-state index contributed by atoms with van der Waals surface area (Å²) in [7, 11) is 0. The van der Waals surface area contributed by atoms with Gasteiger partial charge in [0.05, 0.1) is 43.1 Å². The zero-order valence-electron chi connectivity index (χ0n) is 72.8. The van der Waals surface area contributed by atoms with E-state index in [0.29, 0.717) is 57.0 Å². The predicted molar refractivity (Wildman–Crippen MR) is 488 cm³/mol. The van der Waals surface area contributed by atoms with Crippen LogP contribution in [0.1, 0.15) is 239 Å². The maximum absolute atomic E-state index is 13.4. The molecule has 3 N–H and O–H groups in total. The van der Waals surface area contributed by atoms with E-state index in [1.807, 2.05) is 115 Å². The van der Waals surface area contributed by atoms with E-state index < -0.39 is 36.8 Å². The Morgan fingerprint density at radius 1 is 0.483 bits per heavy atom. The van der Waals surface area contributed by atoms with Crippen LogP contribution >= 0.6 is 0 Å². The van der Waals surface area contributed by atoms with E-state index in [1.54, 1.807) is 33.5 Å². The zero-order valence-corrected chi connectivity index (χ0v) is 78.5. The van der Waals surface area contributed by atoms with Crippen LogP contribution in [-0.2, 0) is 28.6 Å². The SMILES string of the molecule is CCC[CH2][Sn]([CH2]CCC)([CH2]CCC)[CH2]OCCN.CCC[CH2][Sn]([CH2]CCC)([CH2]CCC)[CH2]OCCN=Cc1ccnc(N2CCC(C(=O)N3N=CC[C@H]3c3ccccc3)CC2)n1.O=C(C1CCN(c2nccc(C3COCCN3)n2)CC1)N1N=CC[C@H]1c1ccccc1.O=Cc1ccnc(N2CCC(C(=O)N3N=CC[C@H]3c3ccccc3)CC2)n1. The number of aromatic nitrogens is 6. The largest absolute Gasteiger partial charge is 0.378 e. The Balaban J connectivity index is 0.000000176. The Bertz CT molecular complexity index is 4040. The van der Waals surface area contributed by atoms with Crippen LogP contribution in [0.3, 0.4) is 0 Å². The number of hydrogen-bond donors (Lipinski definition) is 2. The number of hydrazone groups is 3. The van der Waals surface area contributed by atoms with E-state index >= 15 is 0 Å². The standard InChI is InChI=1S/C23H28N6O2.C23H27N6O2.C20H21N5O2.6C4H9.C3H8NO.2Sn/c30-22(29-21(7-11-26-29)17-4-2-1-3-5-17)18-8-13-28(14-9-18)23-25-10-6-19(27-23)20-16-31-15-12-24-20;1-31-16-13-24-17-20-7-11-25-23(27-20)28-14-9-19(10-15-28)22(30)29-21(8-12-26-29)18-5-3-2-4-6-18;26-14-17-6-10-21-20(23-17)24-12-8-16(9-13-24)19(27)25-18(7-11-22-25)15-4-2-1-3-5-15;6*1-3-4-2;1-5-3-2-4;;/h1-6,10-11,18,20-21,24H,7-9,12-16H2;2-7,11-12,17,19,21H,1,8-10,13-16H2;1-6,10-11,14,16,18H,7-9,12-13H2;6*1,3-4H2,2H3;1-4H2;;/t20?,21-;21-;18-;;;;;;;;;/m000........./s1. The van der Waals surface area contributed by atoms with Gasteiger partial charge in [-0.1, -0.05) is 91.0 Å². The number of rotatable bonds is 39. The molecular weight excluding hydrogens is 1720 g/mol. The van der Waals surface area contributed by atoms with Gasteiger partial charge in [-0.25, -0.2) is 35.0 Å². The number of amides is 3. The van der Waals surface area contributed by atoms with Crippen LogP contribution in [0.2, 0.25) is 26.6 Å². The molecule has 4 saturated heterocycles. The third-order valence-electron chi connectivity index (χ3n) is 24.5. The third-order valence-corrected chi connectivity index (χ3v) is 53.4. The first kappa shape index (κ1) is 94.7. The first-order chi connectivity index (χ1) is 58.9. The number of morpholine rings is 1. The van der Waals surface area contributed by atoms with Crippen molar-refractivity contribution < 1.29 is 33.4 Å². The van der Waals surface area contributed by atoms with E-state index in [2.05, 4.69) is 121 Å². The van der Waals surface area contributed by atoms with Gasteiger partial charge in [0.25, 0.3) is 0 Å². The van der Waals surface area contributed by atoms with Crippen molar-refractivity contribution in [3.05, 3.63) is 162 Å². The fourth-order valence-corrected chi connectivity index (χ4v) is 46.3. The summed E-state index contributed by atoms with van der Waals surface area (Å²) in [5, 5.41) is 21.7. The molecule has 1 unspecified atom stereocenters. The minimum absolute atomic E-state index is 0.000268. The van der Waals surface area contributed by atoms with Gasteiger partial charge in [0.2, 0.25) is 29.6 Å². The second kappa shape index (κ2) is 52.2. The van der Waals surface area contributed by atoms with Crippen molar-refractivity contribution in [1.29, 1.82) is 0 Å². The molecule has 650 valence electrons. The van der Waals surface area contributed by atoms with Crippen molar-refractivity contribution in [2.75, 3.05) is 109 Å². The molecule has 3 amide bonds. The van der Waals surface area contributed by atoms with Gasteiger partial charge >= 0.3 is 309 Å². The summed E-state index contributed by atoms with van der Waals surface area (Å²) in [5.41, 5.74) is 11.1. The maximum Gasteiger partial charge on any atom is 0.246 e. The molecular formula is C93H138N18O7Sn2. The Morgan fingerprint density at radius 2 is 0.842 bits per heavy atom. The van der Waals surface area contributed by atoms with Crippen LogP contribution in [0.5, 0.6) is 0 Å². The number of ether oxygens (including phenoxy) is 3. The van der Waals surface area contributed by atoms with E-state index in [4.69, 9.17) is 29.9 Å². The average molecular weight is 1860 g/mol. The number of nitrogens with zero attached hydrogens (tertiary/aromatic N) is 16. The first-order valence-corrected chi connectivity index (χ1v) is 61.6. The summed E-state index contributed by atoms with van der Waals surface area (Å²) in [6.45, 7) is 23.3. The molecule has 4 atom stereocenters. The van der Waals surface area contributed by atoms with Crippen molar-refractivity contribution in [3.8, 4) is 0 Å². The van der Waals surface area contributed by atoms with E-state index in [0.717, 1.165) is 153 Å². The van der Waals surface area contributed by atoms with Gasteiger partial charge in [-0.2, -0.15) is 15.3 Å². The molecule has 25 nitrogen and oxygen atoms in total. The minimum Gasteiger partial charge on any atom is -0.378 e. The van der Waals surface area contributed by atoms with Gasteiger partial charge < -0.3 is 19.9 Å². The number of nitrogens with two attached hydrogens (primary N) is 1. The number of aliphatic imine (C=N–C) groups is 1. The first-order valence-electron chi connectivity index (χ1n) is 45.5. The summed E-state index contributed by atoms with van der Waals surface area (Å²) in [5.74, 6) is 2.21. The van der Waals surface area contributed by atoms with Crippen LogP contribution in [0.4, 0.5) is 17.8 Å². The Hall–Kier alpha value is -7.54. The van der Waals surface area contributed by atoms with Gasteiger partial charge in [0.1, 0.15) is 5.69 Å². The molecule has 0 saturated carbocycles. The van der Waals surface area contributed by atoms with Crippen LogP contribution in [0, 0.1) is 17.8 Å². The summed E-state index contributed by atoms with van der Waals surface area (Å²) in [6, 6.07) is 35.9. The average Bonchev–Trinajstić information content (AvgIpc) is 1.48. The number of carbonyl (C=O) groups excluding carboxylic acids is 4. The topological polar surface area (TPSA) is 280 Å². The van der Waals surface area contributed by atoms with Crippen molar-refractivity contribution >= 4 is 103 Å². The van der Waals surface area contributed by atoms with Gasteiger partial charge in [-0.15, -0.1) is 0 Å². The van der Waals surface area contributed by atoms with Gasteiger partial charge in [0.15, 0.2) is 6.29 Å². The maximum atomic E-state index is 13.4. The number of piperidine rings is 3. The minimum atomic E-state index is -2.25. The van der Waals surface area contributed by atoms with Crippen molar-refractivity contribution in [1.82, 2.24) is 50.2 Å². The monoisotopic (exact) mass is 1860 g/mol. The summed E-state index contributed by atoms with van der Waals surface area (Å²) in [4.78, 5) is 88.7. The molecule has 7 aliphatic rings. The molecule has 13 rings (SSSR count). The Labute approximate surface area is 723 Å². The molecule has 6 aromatic rings. The Morgan fingerprint density at radius 3 is 1.20 bits per heavy atom. The number of aldehydes is 1. The van der Waals surface area contributed by atoms with E-state index in [-0.39, 0.29) is 59.6 Å². The second-order valence-corrected chi connectivity index (χ2v) is 60.6. The molecule has 3 aromatic carbocycles. The molecule has 3 aromatic heterocycles. The van der Waals surface area contributed by atoms with E-state index in [1.165, 1.54) is 104 Å². The number of carbonyl (C=O) groups is 4. The molecule has 4 fully saturated rings. The summed E-state index contributed by atoms with van der Waals surface area (Å²) in [6.07, 6.45) is 36.5. The predicted octanol–water partition coefficient (Wildman–Crippen LogP) is 16.6. The number of anilines is 3. The van der Waals surface area contributed by atoms with Crippen LogP contribution < -0.4 is 25.8 Å². The molecule has 10 heterocycles. The number of hydrogen-bond acceptors (Lipinski definition) is 22. The van der Waals surface area contributed by atoms with Crippen molar-refractivity contribution in [3.63, 3.8) is 0 Å². The van der Waals surface area contributed by atoms with Crippen molar-refractivity contribution in [2.45, 2.75) is 227 Å². The normalized spacial score (nSPS) is 19.1. The molecule has 120 heavy (non-hydrogen) atoms. The smallest absolute Gasteiger partial charge is 0.246 e. The molecule has 0 aliphatic carbocycles. The number of benzene rings is 3. The van der Waals surface area contributed by atoms with Gasteiger partial charge in [0, 0.05) is 101 Å². The number of unbranched alkanes of at least 4 members (excludes halogenated alkanes) is 6. The van der Waals surface area contributed by atoms with Crippen LogP contribution in [0.25, 0.3) is 0 Å². The molecule has 27 heteroatoms. The third kappa shape index (κ3) is 28.8. The van der Waals surface area contributed by atoms with Crippen molar-refractivity contribution in [2.24, 2.45) is 43.8 Å². The second-order valence-electron chi connectivity index (χ2n) is 33.3. The fraction of sp³-hybridized carbons (Fsp3) is 0.591. The summed E-state index contributed by atoms with van der Waals surface area (Å²) >= 11 is -4.24. The van der Waals surface area contributed by atoms with Crippen LogP contribution in [-0.4, -0.2) is 225 Å². The van der Waals surface area contributed by atoms with Gasteiger partial charge in [-0.05, 0) is 54.5 Å². The molecule has 0 bridgehead atoms. The molecule has 0 spiro atoms. The summed E-state index contributed by atoms with van der Waals surface area (Å²) < 4.78 is 29.0. The van der Waals surface area contributed by atoms with Crippen LogP contribution in [0.15, 0.2) is 148 Å². The number of nitrogens with one attached hydrogen (secondary N) is 1. The Kier molecular flexibility index (Phi) is 41.2. The van der Waals surface area contributed by atoms with E-state index in [9.17, 15) is 19.2 Å². The molecule has 0 radical (unpaired) electrons. The van der Waals surface area contributed by atoms with Gasteiger partial charge in [-0.3, -0.25) is 19.2 Å². The zero-order chi connectivity index (χ0) is 84.4. The molecule has 7 aliphatic heterocycles. The quantitative estimate of drug-likeness (QED) is 0.0157. The fourth-order valence-electron chi connectivity index (χ4n) is 17.3.